The van der Waals surface area contributed by atoms with Gasteiger partial charge in [0.15, 0.2) is 12.5 Å². The Balaban J connectivity index is 1.31. The van der Waals surface area contributed by atoms with E-state index in [1.165, 1.54) is 0 Å². The molecule has 0 aromatic carbocycles. The predicted molar refractivity (Wildman–Crippen MR) is 137 cm³/mol. The van der Waals surface area contributed by atoms with Gasteiger partial charge < -0.3 is 60.9 Å². The third kappa shape index (κ3) is 8.52. The third-order valence-corrected chi connectivity index (χ3v) is 10.5. The second kappa shape index (κ2) is 13.4. The lowest BCUT2D eigenvalue weighted by Crippen LogP contribution is -2.37. The lowest BCUT2D eigenvalue weighted by Gasteiger charge is -2.37. The van der Waals surface area contributed by atoms with Gasteiger partial charge in [-0.05, 0) is 0 Å². The zero-order chi connectivity index (χ0) is 33.5. The number of aromatic amines is 2. The summed E-state index contributed by atoms with van der Waals surface area (Å²) in [5.74, 6) is 0. The Bertz CT molecular complexity index is 1650. The van der Waals surface area contributed by atoms with Crippen molar-refractivity contribution < 1.29 is 71.1 Å². The highest BCUT2D eigenvalue weighted by Gasteiger charge is 2.46. The van der Waals surface area contributed by atoms with Gasteiger partial charge in [-0.2, -0.15) is 0 Å². The van der Waals surface area contributed by atoms with Gasteiger partial charge in [-0.15, -0.1) is 0 Å². The molecule has 2 aromatic heterocycles. The number of aliphatic hydroxyl groups excluding tert-OH is 4. The summed E-state index contributed by atoms with van der Waals surface area (Å²) in [6.07, 6.45) is -12.2. The van der Waals surface area contributed by atoms with E-state index in [-0.39, 0.29) is 0 Å². The van der Waals surface area contributed by atoms with Gasteiger partial charge in [0.05, 0.1) is 20.7 Å². The van der Waals surface area contributed by atoms with Gasteiger partial charge in [0.1, 0.15) is 36.6 Å². The summed E-state index contributed by atoms with van der Waals surface area (Å²) < 4.78 is 65.2. The van der Waals surface area contributed by atoms with E-state index in [9.17, 15) is 63.1 Å². The first-order chi connectivity index (χ1) is 20.8. The lowest BCUT2D eigenvalue weighted by molar-refractivity contribution is -0.223. The van der Waals surface area contributed by atoms with E-state index in [2.05, 4.69) is 17.7 Å². The van der Waals surface area contributed by atoms with Crippen LogP contribution in [0.25, 0.3) is 0 Å². The van der Waals surface area contributed by atoms with E-state index < -0.39 is 108 Å². The molecule has 2 fully saturated rings. The van der Waals surface area contributed by atoms with Crippen molar-refractivity contribution in [1.29, 1.82) is 0 Å². The van der Waals surface area contributed by atoms with Crippen molar-refractivity contribution in [1.82, 2.24) is 19.1 Å². The molecule has 0 saturated carbocycles. The van der Waals surface area contributed by atoms with E-state index in [1.807, 2.05) is 9.97 Å². The van der Waals surface area contributed by atoms with Crippen LogP contribution in [-0.2, 0) is 40.8 Å². The molecule has 0 amide bonds. The molecule has 27 heteroatoms. The first-order valence-corrected chi connectivity index (χ1v) is 16.7. The number of aromatic nitrogens is 4. The van der Waals surface area contributed by atoms with E-state index in [4.69, 9.17) is 17.0 Å². The number of H-pyrrole nitrogens is 2. The van der Waals surface area contributed by atoms with Gasteiger partial charge in [0, 0.05) is 24.5 Å². The van der Waals surface area contributed by atoms with Crippen molar-refractivity contribution in [3.05, 3.63) is 66.2 Å². The molecule has 4 rings (SSSR count). The molecule has 2 aliphatic heterocycles. The maximum atomic E-state index is 12.3. The van der Waals surface area contributed by atoms with Gasteiger partial charge in [-0.3, -0.25) is 46.4 Å². The fourth-order valence-electron chi connectivity index (χ4n) is 4.12. The van der Waals surface area contributed by atoms with Crippen LogP contribution in [0.5, 0.6) is 0 Å². The number of hydrogen-bond donors (Lipinski definition) is 6. The maximum Gasteiger partial charge on any atom is 0.330 e. The van der Waals surface area contributed by atoms with Crippen LogP contribution in [0, 0.1) is 0 Å². The molecule has 2 unspecified atom stereocenters. The van der Waals surface area contributed by atoms with Gasteiger partial charge in [-0.1, -0.05) is 0 Å². The average Bonchev–Trinajstić information content (AvgIpc) is 3.35. The summed E-state index contributed by atoms with van der Waals surface area (Å²) in [4.78, 5) is 74.4. The smallest absolute Gasteiger partial charge is 0.330 e. The van der Waals surface area contributed by atoms with Crippen molar-refractivity contribution in [3.63, 3.8) is 0 Å². The van der Waals surface area contributed by atoms with Crippen LogP contribution in [0.4, 0.5) is 0 Å². The first-order valence-electron chi connectivity index (χ1n) is 12.2. The highest BCUT2D eigenvalue weighted by Crippen LogP contribution is 2.65. The number of nitrogens with zero attached hydrogens (tertiary/aromatic N) is 2. The van der Waals surface area contributed by atoms with Crippen LogP contribution in [-0.4, -0.2) is 96.9 Å². The molecular formula is C18H22BN4O19P3-3. The minimum atomic E-state index is -5.84. The van der Waals surface area contributed by atoms with Crippen LogP contribution in [0.2, 0.25) is 0 Å². The third-order valence-electron chi connectivity index (χ3n) is 6.15. The molecule has 0 bridgehead atoms. The number of phosphoric ester groups is 2. The van der Waals surface area contributed by atoms with E-state index in [0.29, 0.717) is 9.13 Å². The molecule has 249 valence electrons. The van der Waals surface area contributed by atoms with Gasteiger partial charge in [0.2, 0.25) is 0 Å². The molecule has 2 aromatic rings. The highest BCUT2D eigenvalue weighted by atomic mass is 31.3. The van der Waals surface area contributed by atoms with Gasteiger partial charge >= 0.3 is 11.4 Å². The van der Waals surface area contributed by atoms with Crippen LogP contribution in [0.1, 0.15) is 12.5 Å². The summed E-state index contributed by atoms with van der Waals surface area (Å²) >= 11 is 0. The number of nitrogens with one attached hydrogen (secondary N) is 2. The SMILES string of the molecule is [B-]P(=O)(OP(=O)([O-])OC[C@H]1O[C@@H](n2ccc(=O)[nH]c2=O)[C@H](O)[C@@H]1O)OP(=O)([O-])OC[C@H]1O[C@@H](n2ccc(=O)[nH]c2=O)[C@H](O)[C@@H]1O. The Hall–Kier alpha value is -2.37. The normalized spacial score (nSPS) is 32.5. The van der Waals surface area contributed by atoms with Crippen molar-refractivity contribution >= 4 is 30.7 Å². The second-order valence-corrected chi connectivity index (χ2v) is 14.0. The van der Waals surface area contributed by atoms with Crippen LogP contribution >= 0.6 is 23.1 Å². The molecular weight excluding hydrogens is 680 g/mol. The Kier molecular flexibility index (Phi) is 10.6. The Labute approximate surface area is 249 Å². The van der Waals surface area contributed by atoms with E-state index in [1.54, 1.807) is 0 Å². The van der Waals surface area contributed by atoms with E-state index >= 15 is 0 Å². The molecule has 0 aliphatic carbocycles. The zero-order valence-corrected chi connectivity index (χ0v) is 24.8. The van der Waals surface area contributed by atoms with Crippen molar-refractivity contribution in [2.24, 2.45) is 0 Å². The minimum Gasteiger partial charge on any atom is -0.756 e. The Morgan fingerprint density at radius 3 is 1.42 bits per heavy atom. The molecule has 0 spiro atoms. The molecule has 3 radical (unpaired) electrons. The minimum absolute atomic E-state index is 0.677. The van der Waals surface area contributed by atoms with Gasteiger partial charge in [0.25, 0.3) is 26.8 Å². The number of hydrogen-bond acceptors (Lipinski definition) is 19. The van der Waals surface area contributed by atoms with Gasteiger partial charge in [-0.25, -0.2) is 9.59 Å². The molecule has 2 aliphatic rings. The summed E-state index contributed by atoms with van der Waals surface area (Å²) in [6, 6.07) is 1.79. The summed E-state index contributed by atoms with van der Waals surface area (Å²) in [6.45, 7) is -2.31. The largest absolute Gasteiger partial charge is 0.756 e. The zero-order valence-electron chi connectivity index (χ0n) is 22.1. The van der Waals surface area contributed by atoms with Crippen LogP contribution < -0.4 is 32.3 Å². The fraction of sp³-hybridized carbons (Fsp3) is 0.556. The van der Waals surface area contributed by atoms with Crippen molar-refractivity contribution in [2.45, 2.75) is 49.1 Å². The second-order valence-electron chi connectivity index (χ2n) is 9.32. The first kappa shape index (κ1) is 35.5. The van der Waals surface area contributed by atoms with Crippen molar-refractivity contribution in [2.75, 3.05) is 13.2 Å². The number of ether oxygens (including phenoxy) is 2. The van der Waals surface area contributed by atoms with Crippen molar-refractivity contribution in [3.8, 4) is 0 Å². The predicted octanol–water partition coefficient (Wildman–Crippen LogP) is -5.39. The summed E-state index contributed by atoms with van der Waals surface area (Å²) in [5, 5.41) is 40.7. The molecule has 10 atom stereocenters. The van der Waals surface area contributed by atoms with Crippen LogP contribution in [0.15, 0.2) is 43.7 Å². The number of aliphatic hydroxyl groups is 4. The van der Waals surface area contributed by atoms with Crippen LogP contribution in [0.3, 0.4) is 0 Å². The Morgan fingerprint density at radius 1 is 0.733 bits per heavy atom. The highest BCUT2D eigenvalue weighted by molar-refractivity contribution is 7.86. The average molecular weight is 702 g/mol. The number of rotatable bonds is 12. The lowest BCUT2D eigenvalue weighted by atomic mass is 10.1. The molecule has 2 saturated heterocycles. The summed E-state index contributed by atoms with van der Waals surface area (Å²) in [7, 11) is -12.3. The monoisotopic (exact) mass is 702 g/mol. The summed E-state index contributed by atoms with van der Waals surface area (Å²) in [5.41, 5.74) is -3.66. The van der Waals surface area contributed by atoms with E-state index in [0.717, 1.165) is 24.5 Å². The fourth-order valence-corrected chi connectivity index (χ4v) is 7.77. The Morgan fingerprint density at radius 2 is 1.09 bits per heavy atom. The molecule has 23 nitrogen and oxygen atoms in total. The quantitative estimate of drug-likeness (QED) is 0.0888. The molecule has 4 heterocycles. The molecule has 45 heavy (non-hydrogen) atoms. The standard InChI is InChI=1S/C18H24BN4O19P3/c19-43(32,41-44(33,34)37-5-7-11(26)13(28)15(39-7)22-3-1-9(24)20-17(22)30)42-45(35,36)38-6-8-12(27)14(29)16(40-8)23-4-2-10(25)21-18(23)31/h1-4,7-8,11-16,26-29H,5-6H2,(H,33,34)(H,35,36)(H,20,24,30)(H,21,25,31)/q-1/p-2/t7-,8-,11-,12-,13-,14-,15-,16-/m1/s1. The topological polar surface area (TPSA) is 343 Å². The number of phosphoric acid groups is 2. The molecule has 6 N–H and O–H groups in total. The maximum absolute atomic E-state index is 12.3.